The van der Waals surface area contributed by atoms with E-state index in [1.807, 2.05) is 19.2 Å². The van der Waals surface area contributed by atoms with Crippen molar-refractivity contribution in [1.29, 1.82) is 0 Å². The van der Waals surface area contributed by atoms with Crippen molar-refractivity contribution < 1.29 is 0 Å². The average Bonchev–Trinajstić information content (AvgIpc) is 2.48. The minimum Gasteiger partial charge on any atom is -0.330 e. The molecule has 1 aromatic rings. The van der Waals surface area contributed by atoms with Crippen LogP contribution in [0.5, 0.6) is 0 Å². The number of benzene rings is 1. The van der Waals surface area contributed by atoms with E-state index < -0.39 is 0 Å². The largest absolute Gasteiger partial charge is 0.330 e. The lowest BCUT2D eigenvalue weighted by Crippen LogP contribution is -2.00. The molecule has 0 radical (unpaired) electrons. The molecule has 1 atom stereocenters. The lowest BCUT2D eigenvalue weighted by Gasteiger charge is -2.04. The number of nitrogens with zero attached hydrogens (tertiary/aromatic N) is 1. The van der Waals surface area contributed by atoms with Gasteiger partial charge in [-0.3, -0.25) is 4.99 Å². The van der Waals surface area contributed by atoms with Gasteiger partial charge in [-0.25, -0.2) is 0 Å². The van der Waals surface area contributed by atoms with Gasteiger partial charge < -0.3 is 5.73 Å². The minimum atomic E-state index is 0.704. The molecule has 1 unspecified atom stereocenters. The summed E-state index contributed by atoms with van der Waals surface area (Å²) in [6, 6.07) is 8.53. The van der Waals surface area contributed by atoms with E-state index in [1.165, 1.54) is 11.1 Å². The van der Waals surface area contributed by atoms with Gasteiger partial charge in [-0.2, -0.15) is 0 Å². The second kappa shape index (κ2) is 11.9. The quantitative estimate of drug-likeness (QED) is 0.296. The molecule has 2 nitrogen and oxygen atoms in total. The zero-order valence-corrected chi connectivity index (χ0v) is 15.1. The molecule has 0 heterocycles. The van der Waals surface area contributed by atoms with Crippen molar-refractivity contribution in [3.8, 4) is 0 Å². The summed E-state index contributed by atoms with van der Waals surface area (Å²) in [7, 11) is 0.871. The monoisotopic (exact) mass is 366 g/mol. The van der Waals surface area contributed by atoms with Gasteiger partial charge in [0.1, 0.15) is 0 Å². The van der Waals surface area contributed by atoms with Crippen LogP contribution < -0.4 is 5.73 Å². The van der Waals surface area contributed by atoms with E-state index in [2.05, 4.69) is 57.3 Å². The summed E-state index contributed by atoms with van der Waals surface area (Å²) in [4.78, 5) is 4.44. The Morgan fingerprint density at radius 3 is 3.00 bits per heavy atom. The Hall–Kier alpha value is -0.760. The van der Waals surface area contributed by atoms with Crippen molar-refractivity contribution in [2.45, 2.75) is 19.5 Å². The zero-order valence-electron chi connectivity index (χ0n) is 12.6. The fourth-order valence-corrected chi connectivity index (χ4v) is 3.31. The molecule has 4 heteroatoms. The third-order valence-electron chi connectivity index (χ3n) is 2.80. The van der Waals surface area contributed by atoms with Crippen molar-refractivity contribution in [3.63, 3.8) is 0 Å². The molecule has 21 heavy (non-hydrogen) atoms. The molecule has 1 aromatic carbocycles. The van der Waals surface area contributed by atoms with Gasteiger partial charge in [0, 0.05) is 17.2 Å². The van der Waals surface area contributed by atoms with Gasteiger partial charge in [-0.05, 0) is 55.5 Å². The van der Waals surface area contributed by atoms with Crippen molar-refractivity contribution >= 4 is 30.7 Å². The third-order valence-corrected chi connectivity index (χ3v) is 4.61. The van der Waals surface area contributed by atoms with E-state index >= 15 is 0 Å². The summed E-state index contributed by atoms with van der Waals surface area (Å²) < 4.78 is 1.15. The van der Waals surface area contributed by atoms with E-state index in [0.29, 0.717) is 6.54 Å². The molecule has 0 saturated heterocycles. The summed E-state index contributed by atoms with van der Waals surface area (Å²) in [5, 5.41) is 0. The first-order chi connectivity index (χ1) is 10.3. The van der Waals surface area contributed by atoms with Gasteiger partial charge in [0.25, 0.3) is 0 Å². The van der Waals surface area contributed by atoms with Gasteiger partial charge >= 0.3 is 0 Å². The lowest BCUT2D eigenvalue weighted by atomic mass is 10.2. The number of halogens is 1. The Morgan fingerprint density at radius 1 is 1.43 bits per heavy atom. The number of allylic oxidation sites excluding steroid dienone is 4. The molecule has 0 amide bonds. The van der Waals surface area contributed by atoms with Crippen molar-refractivity contribution in [2.24, 2.45) is 10.7 Å². The molecular formula is C17H24BrN2P. The molecule has 2 N–H and O–H groups in total. The number of aliphatic imine (C=N–C) groups is 1. The van der Waals surface area contributed by atoms with Gasteiger partial charge in [-0.1, -0.05) is 46.3 Å². The highest BCUT2D eigenvalue weighted by atomic mass is 79.9. The summed E-state index contributed by atoms with van der Waals surface area (Å²) in [6.07, 6.45) is 11.4. The van der Waals surface area contributed by atoms with Crippen LogP contribution >= 0.6 is 24.5 Å². The zero-order chi connectivity index (χ0) is 15.3. The number of hydrogen-bond donors (Lipinski definition) is 1. The first kappa shape index (κ1) is 18.3. The SMILES string of the molecule is C/C=C\C=C(\C=NCCCN)CPCc1cccc(Br)c1. The molecule has 0 aliphatic heterocycles. The van der Waals surface area contributed by atoms with Crippen LogP contribution in [-0.2, 0) is 6.16 Å². The second-order valence-electron chi connectivity index (χ2n) is 4.68. The first-order valence-electron chi connectivity index (χ1n) is 7.23. The molecular weight excluding hydrogens is 343 g/mol. The molecule has 0 saturated carbocycles. The van der Waals surface area contributed by atoms with Gasteiger partial charge in [0.2, 0.25) is 0 Å². The molecule has 0 fully saturated rings. The second-order valence-corrected chi connectivity index (χ2v) is 6.80. The highest BCUT2D eigenvalue weighted by Crippen LogP contribution is 2.23. The van der Waals surface area contributed by atoms with Crippen LogP contribution in [0.4, 0.5) is 0 Å². The first-order valence-corrected chi connectivity index (χ1v) is 9.44. The van der Waals surface area contributed by atoms with Crippen LogP contribution in [0.1, 0.15) is 18.9 Å². The molecule has 0 aromatic heterocycles. The van der Waals surface area contributed by atoms with Crippen LogP contribution in [0.3, 0.4) is 0 Å². The molecule has 0 bridgehead atoms. The topological polar surface area (TPSA) is 38.4 Å². The fraction of sp³-hybridized carbons (Fsp3) is 0.353. The van der Waals surface area contributed by atoms with Crippen LogP contribution in [0.15, 0.2) is 57.5 Å². The van der Waals surface area contributed by atoms with E-state index in [4.69, 9.17) is 5.73 Å². The summed E-state index contributed by atoms with van der Waals surface area (Å²) in [6.45, 7) is 3.55. The van der Waals surface area contributed by atoms with Crippen LogP contribution in [0, 0.1) is 0 Å². The van der Waals surface area contributed by atoms with Crippen LogP contribution in [0.25, 0.3) is 0 Å². The lowest BCUT2D eigenvalue weighted by molar-refractivity contribution is 0.847. The Morgan fingerprint density at radius 2 is 2.29 bits per heavy atom. The van der Waals surface area contributed by atoms with E-state index in [0.717, 1.165) is 38.3 Å². The van der Waals surface area contributed by atoms with E-state index in [-0.39, 0.29) is 0 Å². The standard InChI is InChI=1S/C17H24BrN2P/c1-2-3-6-16(12-20-10-5-9-19)14-21-13-15-7-4-8-17(18)11-15/h2-4,6-8,11-12,21H,5,9-10,13-14,19H2,1H3/b3-2-,16-6-,20-12?. The normalized spacial score (nSPS) is 13.2. The van der Waals surface area contributed by atoms with E-state index in [1.54, 1.807) is 0 Å². The Kier molecular flexibility index (Phi) is 10.3. The molecule has 114 valence electrons. The summed E-state index contributed by atoms with van der Waals surface area (Å²) >= 11 is 3.52. The summed E-state index contributed by atoms with van der Waals surface area (Å²) in [5.41, 5.74) is 8.15. The van der Waals surface area contributed by atoms with Crippen LogP contribution in [0.2, 0.25) is 0 Å². The Labute approximate surface area is 138 Å². The highest BCUT2D eigenvalue weighted by Gasteiger charge is 1.97. The molecule has 0 aliphatic carbocycles. The van der Waals surface area contributed by atoms with Crippen molar-refractivity contribution in [3.05, 3.63) is 58.1 Å². The average molecular weight is 367 g/mol. The molecule has 0 aliphatic rings. The maximum Gasteiger partial charge on any atom is 0.0401 e. The van der Waals surface area contributed by atoms with Crippen LogP contribution in [-0.4, -0.2) is 25.5 Å². The summed E-state index contributed by atoms with van der Waals surface area (Å²) in [5.74, 6) is 0. The maximum atomic E-state index is 5.48. The number of rotatable bonds is 9. The smallest absolute Gasteiger partial charge is 0.0401 e. The Bertz CT molecular complexity index is 495. The van der Waals surface area contributed by atoms with Crippen molar-refractivity contribution in [2.75, 3.05) is 19.3 Å². The maximum absolute atomic E-state index is 5.48. The number of nitrogens with two attached hydrogens (primary N) is 1. The van der Waals surface area contributed by atoms with Crippen molar-refractivity contribution in [1.82, 2.24) is 0 Å². The number of hydrogen-bond acceptors (Lipinski definition) is 2. The van der Waals surface area contributed by atoms with Gasteiger partial charge in [0.15, 0.2) is 0 Å². The predicted octanol–water partition coefficient (Wildman–Crippen LogP) is 4.55. The Balaban J connectivity index is 2.47. The van der Waals surface area contributed by atoms with Gasteiger partial charge in [0.05, 0.1) is 0 Å². The fourth-order valence-electron chi connectivity index (χ4n) is 1.73. The predicted molar refractivity (Wildman–Crippen MR) is 101 cm³/mol. The minimum absolute atomic E-state index is 0.704. The van der Waals surface area contributed by atoms with E-state index in [9.17, 15) is 0 Å². The highest BCUT2D eigenvalue weighted by molar-refractivity contribution is 9.10. The molecule has 1 rings (SSSR count). The van der Waals surface area contributed by atoms with Gasteiger partial charge in [-0.15, -0.1) is 8.58 Å². The third kappa shape index (κ3) is 8.98. The molecule has 0 spiro atoms.